The summed E-state index contributed by atoms with van der Waals surface area (Å²) in [6.45, 7) is 6.52. The molecule has 3 rings (SSSR count). The molecule has 1 heterocycles. The predicted molar refractivity (Wildman–Crippen MR) is 109 cm³/mol. The average Bonchev–Trinajstić information content (AvgIpc) is 3.01. The van der Waals surface area contributed by atoms with Gasteiger partial charge in [-0.15, -0.1) is 11.3 Å². The zero-order valence-corrected chi connectivity index (χ0v) is 17.0. The number of nitrogens with zero attached hydrogens (tertiary/aromatic N) is 1. The molecule has 0 saturated heterocycles. The fourth-order valence-corrected chi connectivity index (χ4v) is 4.77. The number of ether oxygens (including phenoxy) is 1. The Bertz CT molecular complexity index is 848. The number of amides is 1. The summed E-state index contributed by atoms with van der Waals surface area (Å²) in [6.07, 6.45) is 4.10. The van der Waals surface area contributed by atoms with Crippen LogP contribution in [0.15, 0.2) is 24.3 Å². The van der Waals surface area contributed by atoms with Crippen molar-refractivity contribution >= 4 is 22.2 Å². The Hall–Kier alpha value is -2.32. The number of thiophene rings is 1. The molecule has 1 aliphatic rings. The number of carbonyl (C=O) groups is 1. The number of benzene rings is 1. The molecule has 1 aromatic carbocycles. The van der Waals surface area contributed by atoms with E-state index in [0.29, 0.717) is 28.1 Å². The van der Waals surface area contributed by atoms with Crippen LogP contribution in [0.3, 0.4) is 0 Å². The number of hydrogen-bond donors (Lipinski definition) is 1. The van der Waals surface area contributed by atoms with E-state index < -0.39 is 0 Å². The Morgan fingerprint density at radius 1 is 1.41 bits per heavy atom. The molecular formula is C22H26N2O2S. The molecule has 27 heavy (non-hydrogen) atoms. The third-order valence-corrected chi connectivity index (χ3v) is 6.48. The lowest BCUT2D eigenvalue weighted by Gasteiger charge is -2.17. The second kappa shape index (κ2) is 8.58. The van der Waals surface area contributed by atoms with E-state index in [1.807, 2.05) is 24.3 Å². The van der Waals surface area contributed by atoms with Crippen LogP contribution in [0.1, 0.15) is 61.1 Å². The molecule has 4 nitrogen and oxygen atoms in total. The summed E-state index contributed by atoms with van der Waals surface area (Å²) in [7, 11) is 0. The molecule has 5 heteroatoms. The molecule has 142 valence electrons. The number of nitriles is 1. The molecule has 2 aromatic rings. The number of rotatable bonds is 6. The van der Waals surface area contributed by atoms with Crippen molar-refractivity contribution < 1.29 is 9.53 Å². The smallest absolute Gasteiger partial charge is 0.262 e. The first-order chi connectivity index (χ1) is 13.0. The van der Waals surface area contributed by atoms with Gasteiger partial charge in [0.15, 0.2) is 6.61 Å². The van der Waals surface area contributed by atoms with Gasteiger partial charge in [0.25, 0.3) is 5.91 Å². The molecule has 1 aromatic heterocycles. The van der Waals surface area contributed by atoms with Gasteiger partial charge in [-0.05, 0) is 60.8 Å². The number of fused-ring (bicyclic) bond motifs is 1. The minimum atomic E-state index is -0.232. The van der Waals surface area contributed by atoms with Crippen LogP contribution >= 0.6 is 11.3 Å². The second-order valence-corrected chi connectivity index (χ2v) is 8.49. The van der Waals surface area contributed by atoms with Crippen molar-refractivity contribution in [1.29, 1.82) is 5.26 Å². The first kappa shape index (κ1) is 19.4. The second-order valence-electron chi connectivity index (χ2n) is 7.38. The predicted octanol–water partition coefficient (Wildman–Crippen LogP) is 5.28. The molecule has 1 N–H and O–H groups in total. The molecular weight excluding hydrogens is 356 g/mol. The van der Waals surface area contributed by atoms with Crippen molar-refractivity contribution in [3.8, 4) is 11.8 Å². The lowest BCUT2D eigenvalue weighted by molar-refractivity contribution is -0.118. The maximum absolute atomic E-state index is 12.3. The average molecular weight is 383 g/mol. The van der Waals surface area contributed by atoms with Crippen LogP contribution in [-0.2, 0) is 17.6 Å². The largest absolute Gasteiger partial charge is 0.484 e. The maximum atomic E-state index is 12.3. The summed E-state index contributed by atoms with van der Waals surface area (Å²) in [5.74, 6) is 1.59. The van der Waals surface area contributed by atoms with Gasteiger partial charge in [-0.1, -0.05) is 32.9 Å². The summed E-state index contributed by atoms with van der Waals surface area (Å²) in [5, 5.41) is 13.1. The highest BCUT2D eigenvalue weighted by molar-refractivity contribution is 7.16. The van der Waals surface area contributed by atoms with E-state index in [2.05, 4.69) is 32.2 Å². The Morgan fingerprint density at radius 2 is 2.15 bits per heavy atom. The van der Waals surface area contributed by atoms with Gasteiger partial charge in [-0.3, -0.25) is 4.79 Å². The van der Waals surface area contributed by atoms with Crippen molar-refractivity contribution in [3.63, 3.8) is 0 Å². The number of anilines is 1. The third-order valence-electron chi connectivity index (χ3n) is 5.31. The van der Waals surface area contributed by atoms with Crippen molar-refractivity contribution in [2.75, 3.05) is 11.9 Å². The Labute approximate surface area is 165 Å². The van der Waals surface area contributed by atoms with Gasteiger partial charge in [0, 0.05) is 4.88 Å². The van der Waals surface area contributed by atoms with E-state index in [9.17, 15) is 10.1 Å². The fourth-order valence-electron chi connectivity index (χ4n) is 3.40. The van der Waals surface area contributed by atoms with Gasteiger partial charge in [0.2, 0.25) is 0 Å². The molecule has 1 aliphatic carbocycles. The Morgan fingerprint density at radius 3 is 2.81 bits per heavy atom. The van der Waals surface area contributed by atoms with E-state index >= 15 is 0 Å². The van der Waals surface area contributed by atoms with E-state index in [1.165, 1.54) is 21.8 Å². The minimum Gasteiger partial charge on any atom is -0.484 e. The fraction of sp³-hybridized carbons (Fsp3) is 0.455. The summed E-state index contributed by atoms with van der Waals surface area (Å²) < 4.78 is 5.61. The molecule has 0 spiro atoms. The Kier molecular flexibility index (Phi) is 6.18. The third kappa shape index (κ3) is 4.51. The zero-order chi connectivity index (χ0) is 19.4. The van der Waals surface area contributed by atoms with Crippen LogP contribution in [0.25, 0.3) is 0 Å². The van der Waals surface area contributed by atoms with Gasteiger partial charge in [0.1, 0.15) is 16.8 Å². The van der Waals surface area contributed by atoms with Crippen molar-refractivity contribution in [3.05, 3.63) is 45.8 Å². The summed E-state index contributed by atoms with van der Waals surface area (Å²) >= 11 is 1.54. The maximum Gasteiger partial charge on any atom is 0.262 e. The molecule has 2 unspecified atom stereocenters. The van der Waals surface area contributed by atoms with E-state index in [-0.39, 0.29) is 12.5 Å². The van der Waals surface area contributed by atoms with Crippen LogP contribution in [0.2, 0.25) is 0 Å². The monoisotopic (exact) mass is 382 g/mol. The van der Waals surface area contributed by atoms with Crippen molar-refractivity contribution in [2.45, 2.75) is 52.4 Å². The minimum absolute atomic E-state index is 0.0630. The number of carbonyl (C=O) groups excluding carboxylic acids is 1. The summed E-state index contributed by atoms with van der Waals surface area (Å²) in [6, 6.07) is 10.2. The van der Waals surface area contributed by atoms with E-state index in [4.69, 9.17) is 4.74 Å². The lowest BCUT2D eigenvalue weighted by atomic mass is 9.89. The molecule has 0 fully saturated rings. The quantitative estimate of drug-likeness (QED) is 0.740. The van der Waals surface area contributed by atoms with Gasteiger partial charge in [-0.2, -0.15) is 5.26 Å². The first-order valence-electron chi connectivity index (χ1n) is 9.59. The molecule has 1 amide bonds. The zero-order valence-electron chi connectivity index (χ0n) is 16.2. The number of nitrogens with one attached hydrogen (secondary N) is 1. The molecule has 0 bridgehead atoms. The lowest BCUT2D eigenvalue weighted by Crippen LogP contribution is -2.20. The summed E-state index contributed by atoms with van der Waals surface area (Å²) in [4.78, 5) is 13.6. The van der Waals surface area contributed by atoms with Gasteiger partial charge < -0.3 is 10.1 Å². The van der Waals surface area contributed by atoms with Crippen LogP contribution in [0.5, 0.6) is 5.75 Å². The summed E-state index contributed by atoms with van der Waals surface area (Å²) in [5.41, 5.74) is 3.02. The van der Waals surface area contributed by atoms with E-state index in [1.54, 1.807) is 0 Å². The normalized spacial score (nSPS) is 16.9. The highest BCUT2D eigenvalue weighted by atomic mass is 32.1. The first-order valence-corrected chi connectivity index (χ1v) is 10.4. The van der Waals surface area contributed by atoms with E-state index in [0.717, 1.165) is 31.2 Å². The van der Waals surface area contributed by atoms with Crippen molar-refractivity contribution in [1.82, 2.24) is 0 Å². The molecule has 0 aliphatic heterocycles. The van der Waals surface area contributed by atoms with Crippen LogP contribution in [-0.4, -0.2) is 12.5 Å². The Balaban J connectivity index is 1.61. The SMILES string of the molecule is CCC(C)c1ccc(OCC(=O)Nc2sc3c(c2C#N)CCC(C)C3)cc1. The highest BCUT2D eigenvalue weighted by Gasteiger charge is 2.24. The molecule has 2 atom stereocenters. The topological polar surface area (TPSA) is 62.1 Å². The molecule has 0 radical (unpaired) electrons. The standard InChI is InChI=1S/C22H26N2O2S/c1-4-15(3)16-6-8-17(9-7-16)26-13-21(25)24-22-19(12-23)18-10-5-14(2)11-20(18)27-22/h6-9,14-15H,4-5,10-11,13H2,1-3H3,(H,24,25). The van der Waals surface area contributed by atoms with Crippen molar-refractivity contribution in [2.24, 2.45) is 5.92 Å². The van der Waals surface area contributed by atoms with Crippen LogP contribution in [0.4, 0.5) is 5.00 Å². The molecule has 0 saturated carbocycles. The van der Waals surface area contributed by atoms with Crippen LogP contribution < -0.4 is 10.1 Å². The number of hydrogen-bond acceptors (Lipinski definition) is 4. The highest BCUT2D eigenvalue weighted by Crippen LogP contribution is 2.39. The van der Waals surface area contributed by atoms with Gasteiger partial charge in [0.05, 0.1) is 5.56 Å². The van der Waals surface area contributed by atoms with Gasteiger partial charge >= 0.3 is 0 Å². The van der Waals surface area contributed by atoms with Gasteiger partial charge in [-0.25, -0.2) is 0 Å². The van der Waals surface area contributed by atoms with Crippen LogP contribution in [0, 0.1) is 17.2 Å².